The van der Waals surface area contributed by atoms with Gasteiger partial charge in [0.1, 0.15) is 11.4 Å². The van der Waals surface area contributed by atoms with E-state index in [0.717, 1.165) is 24.4 Å². The summed E-state index contributed by atoms with van der Waals surface area (Å²) in [5, 5.41) is 7.12. The molecule has 0 radical (unpaired) electrons. The molecule has 9 nitrogen and oxygen atoms in total. The number of amides is 1. The Kier molecular flexibility index (Phi) is 7.95. The maximum atomic E-state index is 12.7. The van der Waals surface area contributed by atoms with Gasteiger partial charge in [-0.3, -0.25) is 14.5 Å². The van der Waals surface area contributed by atoms with Crippen molar-refractivity contribution in [1.82, 2.24) is 20.0 Å². The molecule has 9 heteroatoms. The fraction of sp³-hybridized carbons (Fsp3) is 0.476. The zero-order valence-electron chi connectivity index (χ0n) is 17.4. The van der Waals surface area contributed by atoms with Crippen molar-refractivity contribution in [2.24, 2.45) is 0 Å². The molecule has 3 rings (SSSR count). The fourth-order valence-electron chi connectivity index (χ4n) is 3.36. The maximum absolute atomic E-state index is 12.7. The Bertz CT molecular complexity index is 878. The van der Waals surface area contributed by atoms with Crippen LogP contribution in [0.15, 0.2) is 41.2 Å². The van der Waals surface area contributed by atoms with E-state index >= 15 is 0 Å². The first kappa shape index (κ1) is 21.9. The van der Waals surface area contributed by atoms with Crippen LogP contribution in [0.4, 0.5) is 0 Å². The zero-order chi connectivity index (χ0) is 21.3. The Labute approximate surface area is 175 Å². The number of aromatic nitrogens is 2. The molecule has 0 aliphatic carbocycles. The summed E-state index contributed by atoms with van der Waals surface area (Å²) in [4.78, 5) is 26.9. The first-order chi connectivity index (χ1) is 14.6. The minimum Gasteiger partial charge on any atom is -0.497 e. The molecule has 1 N–H and O–H groups in total. The maximum Gasteiger partial charge on any atom is 0.271 e. The van der Waals surface area contributed by atoms with Gasteiger partial charge >= 0.3 is 0 Å². The van der Waals surface area contributed by atoms with E-state index in [-0.39, 0.29) is 23.2 Å². The summed E-state index contributed by atoms with van der Waals surface area (Å²) in [5.41, 5.74) is 1.00. The molecule has 30 heavy (non-hydrogen) atoms. The van der Waals surface area contributed by atoms with E-state index in [1.807, 2.05) is 24.3 Å². The van der Waals surface area contributed by atoms with Gasteiger partial charge in [-0.05, 0) is 23.8 Å². The third kappa shape index (κ3) is 5.65. The summed E-state index contributed by atoms with van der Waals surface area (Å²) in [6.45, 7) is 3.93. The SMILES string of the molecule is COCCn1nc(C(=O)NCC(c2ccc(OC)cc2)N2CCOCC2)ccc1=O. The van der Waals surface area contributed by atoms with Crippen molar-refractivity contribution in [2.45, 2.75) is 12.6 Å². The number of hydrogen-bond donors (Lipinski definition) is 1. The number of rotatable bonds is 9. The van der Waals surface area contributed by atoms with Crippen LogP contribution in [0.2, 0.25) is 0 Å². The molecule has 162 valence electrons. The van der Waals surface area contributed by atoms with Crippen molar-refractivity contribution in [3.8, 4) is 5.75 Å². The molecule has 1 aromatic carbocycles. The Morgan fingerprint density at radius 2 is 1.90 bits per heavy atom. The van der Waals surface area contributed by atoms with Gasteiger partial charge in [0.25, 0.3) is 11.5 Å². The fourth-order valence-corrected chi connectivity index (χ4v) is 3.36. The van der Waals surface area contributed by atoms with E-state index in [9.17, 15) is 9.59 Å². The van der Waals surface area contributed by atoms with Crippen molar-refractivity contribution in [3.05, 3.63) is 58.0 Å². The molecule has 1 aliphatic rings. The van der Waals surface area contributed by atoms with Crippen LogP contribution in [0.25, 0.3) is 0 Å². The van der Waals surface area contributed by atoms with Gasteiger partial charge in [0.15, 0.2) is 0 Å². The Morgan fingerprint density at radius 1 is 1.17 bits per heavy atom. The molecule has 1 saturated heterocycles. The molecule has 2 aromatic rings. The van der Waals surface area contributed by atoms with Gasteiger partial charge in [0.05, 0.1) is 39.5 Å². The molecule has 1 atom stereocenters. The lowest BCUT2D eigenvalue weighted by molar-refractivity contribution is 0.0162. The molecule has 1 aromatic heterocycles. The Hall–Kier alpha value is -2.75. The summed E-state index contributed by atoms with van der Waals surface area (Å²) in [7, 11) is 3.18. The standard InChI is InChI=1S/C21H28N4O5/c1-28-12-11-25-20(26)8-7-18(23-25)21(27)22-15-19(24-9-13-30-14-10-24)16-3-5-17(29-2)6-4-16/h3-8,19H,9-15H2,1-2H3,(H,22,27). The normalized spacial score (nSPS) is 15.5. The van der Waals surface area contributed by atoms with Crippen molar-refractivity contribution in [3.63, 3.8) is 0 Å². The smallest absolute Gasteiger partial charge is 0.271 e. The van der Waals surface area contributed by atoms with Gasteiger partial charge in [0.2, 0.25) is 0 Å². The van der Waals surface area contributed by atoms with Crippen LogP contribution in [0.5, 0.6) is 5.75 Å². The van der Waals surface area contributed by atoms with Gasteiger partial charge in [-0.15, -0.1) is 0 Å². The second-order valence-electron chi connectivity index (χ2n) is 6.92. The second kappa shape index (κ2) is 10.9. The lowest BCUT2D eigenvalue weighted by Gasteiger charge is -2.35. The number of carbonyl (C=O) groups excluding carboxylic acids is 1. The van der Waals surface area contributed by atoms with Gasteiger partial charge in [-0.1, -0.05) is 12.1 Å². The minimum atomic E-state index is -0.326. The Balaban J connectivity index is 1.72. The highest BCUT2D eigenvalue weighted by molar-refractivity contribution is 5.92. The number of nitrogens with one attached hydrogen (secondary N) is 1. The van der Waals surface area contributed by atoms with E-state index in [0.29, 0.717) is 32.9 Å². The van der Waals surface area contributed by atoms with E-state index in [4.69, 9.17) is 14.2 Å². The summed E-state index contributed by atoms with van der Waals surface area (Å²) in [6, 6.07) is 10.6. The monoisotopic (exact) mass is 416 g/mol. The third-order valence-electron chi connectivity index (χ3n) is 5.05. The summed E-state index contributed by atoms with van der Waals surface area (Å²) < 4.78 is 16.9. The molecular weight excluding hydrogens is 388 g/mol. The molecule has 2 heterocycles. The van der Waals surface area contributed by atoms with Crippen molar-refractivity contribution >= 4 is 5.91 Å². The molecule has 1 aliphatic heterocycles. The van der Waals surface area contributed by atoms with Crippen LogP contribution < -0.4 is 15.6 Å². The van der Waals surface area contributed by atoms with Gasteiger partial charge < -0.3 is 19.5 Å². The van der Waals surface area contributed by atoms with E-state index in [2.05, 4.69) is 15.3 Å². The number of methoxy groups -OCH3 is 2. The van der Waals surface area contributed by atoms with Crippen LogP contribution in [-0.4, -0.2) is 74.3 Å². The third-order valence-corrected chi connectivity index (χ3v) is 5.05. The minimum absolute atomic E-state index is 0.0110. The zero-order valence-corrected chi connectivity index (χ0v) is 17.4. The predicted octanol–water partition coefficient (Wildman–Crippen LogP) is 0.702. The average molecular weight is 416 g/mol. The average Bonchev–Trinajstić information content (AvgIpc) is 2.79. The van der Waals surface area contributed by atoms with E-state index in [1.54, 1.807) is 14.2 Å². The molecule has 0 bridgehead atoms. The van der Waals surface area contributed by atoms with E-state index in [1.165, 1.54) is 16.8 Å². The highest BCUT2D eigenvalue weighted by Gasteiger charge is 2.24. The van der Waals surface area contributed by atoms with Crippen LogP contribution in [0.1, 0.15) is 22.1 Å². The van der Waals surface area contributed by atoms with Gasteiger partial charge in [-0.2, -0.15) is 5.10 Å². The number of carbonyl (C=O) groups is 1. The molecule has 0 spiro atoms. The second-order valence-corrected chi connectivity index (χ2v) is 6.92. The predicted molar refractivity (Wildman–Crippen MR) is 111 cm³/mol. The molecule has 1 amide bonds. The summed E-state index contributed by atoms with van der Waals surface area (Å²) in [5.74, 6) is 0.457. The first-order valence-electron chi connectivity index (χ1n) is 9.93. The molecule has 0 saturated carbocycles. The van der Waals surface area contributed by atoms with Crippen molar-refractivity contribution < 1.29 is 19.0 Å². The number of nitrogens with zero attached hydrogens (tertiary/aromatic N) is 3. The van der Waals surface area contributed by atoms with Gasteiger partial charge in [-0.25, -0.2) is 4.68 Å². The summed E-state index contributed by atoms with van der Waals surface area (Å²) in [6.07, 6.45) is 0. The quantitative estimate of drug-likeness (QED) is 0.643. The van der Waals surface area contributed by atoms with Crippen molar-refractivity contribution in [1.29, 1.82) is 0 Å². The van der Waals surface area contributed by atoms with Gasteiger partial charge in [0, 0.05) is 32.8 Å². The first-order valence-corrected chi connectivity index (χ1v) is 9.93. The molecule has 1 fully saturated rings. The number of hydrogen-bond acceptors (Lipinski definition) is 7. The highest BCUT2D eigenvalue weighted by Crippen LogP contribution is 2.23. The number of ether oxygens (including phenoxy) is 3. The Morgan fingerprint density at radius 3 is 2.57 bits per heavy atom. The van der Waals surface area contributed by atoms with Crippen LogP contribution in [-0.2, 0) is 16.0 Å². The van der Waals surface area contributed by atoms with E-state index < -0.39 is 0 Å². The van der Waals surface area contributed by atoms with Crippen LogP contribution in [0.3, 0.4) is 0 Å². The molecular formula is C21H28N4O5. The topological polar surface area (TPSA) is 94.9 Å². The van der Waals surface area contributed by atoms with Crippen molar-refractivity contribution in [2.75, 3.05) is 53.7 Å². The van der Waals surface area contributed by atoms with Crippen LogP contribution in [0, 0.1) is 0 Å². The lowest BCUT2D eigenvalue weighted by atomic mass is 10.0. The lowest BCUT2D eigenvalue weighted by Crippen LogP contribution is -2.44. The number of morpholine rings is 1. The highest BCUT2D eigenvalue weighted by atomic mass is 16.5. The van der Waals surface area contributed by atoms with Crippen LogP contribution >= 0.6 is 0 Å². The summed E-state index contributed by atoms with van der Waals surface area (Å²) >= 11 is 0. The molecule has 1 unspecified atom stereocenters. The largest absolute Gasteiger partial charge is 0.497 e. The number of benzene rings is 1.